The molecule has 0 spiro atoms. The summed E-state index contributed by atoms with van der Waals surface area (Å²) in [6, 6.07) is 14.1. The Hall–Kier alpha value is -1.75. The molecule has 0 saturated heterocycles. The van der Waals surface area contributed by atoms with Gasteiger partial charge in [0.05, 0.1) is 16.1 Å². The fourth-order valence-electron chi connectivity index (χ4n) is 2.13. The van der Waals surface area contributed by atoms with E-state index in [1.807, 2.05) is 30.3 Å². The lowest BCUT2D eigenvalue weighted by molar-refractivity contribution is 0.133. The van der Waals surface area contributed by atoms with Crippen molar-refractivity contribution in [1.82, 2.24) is 5.32 Å². The van der Waals surface area contributed by atoms with Crippen molar-refractivity contribution in [2.24, 2.45) is 0 Å². The molecule has 122 valence electrons. The van der Waals surface area contributed by atoms with Crippen molar-refractivity contribution in [2.75, 3.05) is 6.61 Å². The van der Waals surface area contributed by atoms with Gasteiger partial charge in [-0.1, -0.05) is 65.7 Å². The molecule has 1 atom stereocenters. The van der Waals surface area contributed by atoms with Crippen LogP contribution in [0.1, 0.15) is 23.6 Å². The summed E-state index contributed by atoms with van der Waals surface area (Å²) in [6.45, 7) is 0.0638. The Bertz CT molecular complexity index is 650. The van der Waals surface area contributed by atoms with E-state index in [9.17, 15) is 9.90 Å². The molecule has 0 aliphatic heterocycles. The van der Waals surface area contributed by atoms with Crippen LogP contribution in [0, 0.1) is 0 Å². The van der Waals surface area contributed by atoms with Crippen molar-refractivity contribution in [3.05, 3.63) is 69.7 Å². The highest BCUT2D eigenvalue weighted by Crippen LogP contribution is 2.31. The fourth-order valence-corrected chi connectivity index (χ4v) is 2.57. The lowest BCUT2D eigenvalue weighted by atomic mass is 10.0. The number of nitrogens with one attached hydrogen (secondary N) is 1. The van der Waals surface area contributed by atoms with E-state index in [1.165, 1.54) is 0 Å². The number of benzene rings is 2. The predicted octanol–water partition coefficient (Wildman–Crippen LogP) is 4.34. The van der Waals surface area contributed by atoms with Crippen LogP contribution in [0.4, 0.5) is 4.79 Å². The van der Waals surface area contributed by atoms with Crippen molar-refractivity contribution in [3.63, 3.8) is 0 Å². The molecule has 0 aliphatic carbocycles. The van der Waals surface area contributed by atoms with Crippen LogP contribution in [0.15, 0.2) is 48.5 Å². The first-order valence-electron chi connectivity index (χ1n) is 7.13. The molecule has 23 heavy (non-hydrogen) atoms. The Labute approximate surface area is 145 Å². The quantitative estimate of drug-likeness (QED) is 0.811. The predicted molar refractivity (Wildman–Crippen MR) is 90.7 cm³/mol. The first-order chi connectivity index (χ1) is 11.1. The van der Waals surface area contributed by atoms with Crippen LogP contribution in [0.25, 0.3) is 0 Å². The third kappa shape index (κ3) is 5.13. The third-order valence-electron chi connectivity index (χ3n) is 3.28. The highest BCUT2D eigenvalue weighted by atomic mass is 35.5. The number of aliphatic hydroxyl groups is 1. The van der Waals surface area contributed by atoms with E-state index < -0.39 is 12.1 Å². The van der Waals surface area contributed by atoms with Crippen molar-refractivity contribution >= 4 is 29.3 Å². The van der Waals surface area contributed by atoms with Gasteiger partial charge < -0.3 is 15.2 Å². The molecule has 0 saturated carbocycles. The topological polar surface area (TPSA) is 58.6 Å². The van der Waals surface area contributed by atoms with Crippen molar-refractivity contribution in [2.45, 2.75) is 19.1 Å². The van der Waals surface area contributed by atoms with Crippen molar-refractivity contribution in [3.8, 4) is 0 Å². The van der Waals surface area contributed by atoms with Gasteiger partial charge in [0.1, 0.15) is 6.61 Å². The SMILES string of the molecule is O=C(NC(CCO)c1cccc(Cl)c1Cl)OCc1ccccc1. The number of amides is 1. The van der Waals surface area contributed by atoms with Gasteiger partial charge in [-0.2, -0.15) is 0 Å². The Morgan fingerprint density at radius 1 is 1.13 bits per heavy atom. The Morgan fingerprint density at radius 2 is 1.87 bits per heavy atom. The van der Waals surface area contributed by atoms with Crippen LogP contribution in [-0.2, 0) is 11.3 Å². The maximum absolute atomic E-state index is 12.0. The molecule has 2 N–H and O–H groups in total. The van der Waals surface area contributed by atoms with Gasteiger partial charge in [0.2, 0.25) is 0 Å². The van der Waals surface area contributed by atoms with E-state index in [2.05, 4.69) is 5.32 Å². The molecule has 0 heterocycles. The monoisotopic (exact) mass is 353 g/mol. The van der Waals surface area contributed by atoms with Crippen LogP contribution in [0.2, 0.25) is 10.0 Å². The van der Waals surface area contributed by atoms with E-state index >= 15 is 0 Å². The number of alkyl carbamates (subject to hydrolysis) is 1. The van der Waals surface area contributed by atoms with E-state index in [4.69, 9.17) is 27.9 Å². The molecule has 6 heteroatoms. The van der Waals surface area contributed by atoms with Crippen molar-refractivity contribution < 1.29 is 14.6 Å². The lowest BCUT2D eigenvalue weighted by Gasteiger charge is -2.19. The lowest BCUT2D eigenvalue weighted by Crippen LogP contribution is -2.30. The van der Waals surface area contributed by atoms with E-state index in [-0.39, 0.29) is 13.2 Å². The number of carbonyl (C=O) groups is 1. The first kappa shape index (κ1) is 17.6. The molecular formula is C17H17Cl2NO3. The number of hydrogen-bond donors (Lipinski definition) is 2. The number of carbonyl (C=O) groups excluding carboxylic acids is 1. The summed E-state index contributed by atoms with van der Waals surface area (Å²) in [5.41, 5.74) is 1.53. The average Bonchev–Trinajstić information content (AvgIpc) is 2.56. The molecule has 4 nitrogen and oxygen atoms in total. The summed E-state index contributed by atoms with van der Waals surface area (Å²) in [4.78, 5) is 12.0. The maximum Gasteiger partial charge on any atom is 0.407 e. The van der Waals surface area contributed by atoms with Gasteiger partial charge in [0.25, 0.3) is 0 Å². The summed E-state index contributed by atoms with van der Waals surface area (Å²) >= 11 is 12.2. The highest BCUT2D eigenvalue weighted by Gasteiger charge is 2.19. The van der Waals surface area contributed by atoms with Crippen LogP contribution in [0.3, 0.4) is 0 Å². The van der Waals surface area contributed by atoms with Crippen LogP contribution < -0.4 is 5.32 Å². The summed E-state index contributed by atoms with van der Waals surface area (Å²) in [5, 5.41) is 12.7. The van der Waals surface area contributed by atoms with E-state index in [0.29, 0.717) is 22.0 Å². The van der Waals surface area contributed by atoms with Crippen LogP contribution >= 0.6 is 23.2 Å². The number of ether oxygens (including phenoxy) is 1. The minimum Gasteiger partial charge on any atom is -0.445 e. The molecular weight excluding hydrogens is 337 g/mol. The molecule has 0 aliphatic rings. The summed E-state index contributed by atoms with van der Waals surface area (Å²) in [6.07, 6.45) is -0.274. The highest BCUT2D eigenvalue weighted by molar-refractivity contribution is 6.42. The molecule has 2 rings (SSSR count). The second kappa shape index (κ2) is 8.77. The van der Waals surface area contributed by atoms with Gasteiger partial charge in [-0.3, -0.25) is 0 Å². The zero-order valence-corrected chi connectivity index (χ0v) is 13.8. The van der Waals surface area contributed by atoms with Crippen molar-refractivity contribution in [1.29, 1.82) is 0 Å². The third-order valence-corrected chi connectivity index (χ3v) is 4.11. The van der Waals surface area contributed by atoms with Gasteiger partial charge in [0.15, 0.2) is 0 Å². The minimum absolute atomic E-state index is 0.105. The Balaban J connectivity index is 2.01. The van der Waals surface area contributed by atoms with E-state index in [1.54, 1.807) is 18.2 Å². The van der Waals surface area contributed by atoms with Gasteiger partial charge in [0, 0.05) is 6.61 Å². The number of hydrogen-bond acceptors (Lipinski definition) is 3. The minimum atomic E-state index is -0.580. The molecule has 1 amide bonds. The van der Waals surface area contributed by atoms with Crippen LogP contribution in [0.5, 0.6) is 0 Å². The second-order valence-corrected chi connectivity index (χ2v) is 5.70. The molecule has 2 aromatic carbocycles. The largest absolute Gasteiger partial charge is 0.445 e. The molecule has 1 unspecified atom stereocenters. The first-order valence-corrected chi connectivity index (χ1v) is 7.89. The number of aliphatic hydroxyl groups excluding tert-OH is 1. The van der Waals surface area contributed by atoms with Gasteiger partial charge in [-0.15, -0.1) is 0 Å². The summed E-state index contributed by atoms with van der Waals surface area (Å²) in [7, 11) is 0. The average molecular weight is 354 g/mol. The van der Waals surface area contributed by atoms with Crippen LogP contribution in [-0.4, -0.2) is 17.8 Å². The second-order valence-electron chi connectivity index (χ2n) is 4.91. The molecule has 0 bridgehead atoms. The standard InChI is InChI=1S/C17H17Cl2NO3/c18-14-8-4-7-13(16(14)19)15(9-10-21)20-17(22)23-11-12-5-2-1-3-6-12/h1-8,15,21H,9-11H2,(H,20,22). The van der Waals surface area contributed by atoms with E-state index in [0.717, 1.165) is 5.56 Å². The summed E-state index contributed by atoms with van der Waals surface area (Å²) in [5.74, 6) is 0. The fraction of sp³-hybridized carbons (Fsp3) is 0.235. The molecule has 0 fully saturated rings. The zero-order valence-electron chi connectivity index (χ0n) is 12.3. The Morgan fingerprint density at radius 3 is 2.57 bits per heavy atom. The maximum atomic E-state index is 12.0. The number of halogens is 2. The van der Waals surface area contributed by atoms with Gasteiger partial charge >= 0.3 is 6.09 Å². The smallest absolute Gasteiger partial charge is 0.407 e. The number of rotatable bonds is 6. The normalized spacial score (nSPS) is 11.8. The zero-order chi connectivity index (χ0) is 16.7. The summed E-state index contributed by atoms with van der Waals surface area (Å²) < 4.78 is 5.19. The molecule has 0 radical (unpaired) electrons. The van der Waals surface area contributed by atoms with Gasteiger partial charge in [-0.05, 0) is 23.6 Å². The molecule has 0 aromatic heterocycles. The Kier molecular flexibility index (Phi) is 6.71. The molecule has 2 aromatic rings. The van der Waals surface area contributed by atoms with Gasteiger partial charge in [-0.25, -0.2) is 4.79 Å².